The van der Waals surface area contributed by atoms with Gasteiger partial charge in [-0.15, -0.1) is 0 Å². The maximum atomic E-state index is 12.2. The van der Waals surface area contributed by atoms with Crippen molar-refractivity contribution in [3.8, 4) is 0 Å². The van der Waals surface area contributed by atoms with Gasteiger partial charge in [0.15, 0.2) is 9.84 Å². The number of urea groups is 1. The monoisotopic (exact) mass is 358 g/mol. The molecule has 0 aliphatic rings. The number of sulfone groups is 1. The molecule has 1 heterocycles. The quantitative estimate of drug-likeness (QED) is 0.749. The van der Waals surface area contributed by atoms with E-state index >= 15 is 0 Å². The third kappa shape index (κ3) is 3.80. The highest BCUT2D eigenvalue weighted by Crippen LogP contribution is 2.16. The second-order valence-corrected chi connectivity index (χ2v) is 7.77. The molecule has 0 spiro atoms. The molecule has 130 valence electrons. The normalized spacial score (nSPS) is 12.7. The Hall–Kier alpha value is -2.87. The third-order valence-corrected chi connectivity index (χ3v) is 4.96. The van der Waals surface area contributed by atoms with E-state index in [1.54, 1.807) is 16.8 Å². The van der Waals surface area contributed by atoms with Crippen molar-refractivity contribution in [3.63, 3.8) is 0 Å². The van der Waals surface area contributed by atoms with Gasteiger partial charge in [-0.3, -0.25) is 0 Å². The molecule has 0 bridgehead atoms. The topological polar surface area (TPSA) is 93.1 Å². The summed E-state index contributed by atoms with van der Waals surface area (Å²) in [6, 6.07) is 13.2. The first kappa shape index (κ1) is 17.0. The van der Waals surface area contributed by atoms with Crippen LogP contribution in [0.25, 0.3) is 11.0 Å². The molecular weight excluding hydrogens is 340 g/mol. The third-order valence-electron chi connectivity index (χ3n) is 3.83. The van der Waals surface area contributed by atoms with Crippen molar-refractivity contribution in [2.24, 2.45) is 0 Å². The fourth-order valence-electron chi connectivity index (χ4n) is 2.47. The van der Waals surface area contributed by atoms with Crippen LogP contribution in [-0.2, 0) is 9.84 Å². The van der Waals surface area contributed by atoms with E-state index in [9.17, 15) is 13.2 Å². The van der Waals surface area contributed by atoms with Crippen molar-refractivity contribution >= 4 is 26.9 Å². The van der Waals surface area contributed by atoms with Gasteiger partial charge in [-0.25, -0.2) is 28.3 Å². The summed E-state index contributed by atoms with van der Waals surface area (Å²) in [5.74, 6) is 0. The van der Waals surface area contributed by atoms with Crippen LogP contribution in [0.3, 0.4) is 0 Å². The molecule has 0 aliphatic carbocycles. The zero-order chi connectivity index (χ0) is 18.0. The van der Waals surface area contributed by atoms with Crippen molar-refractivity contribution in [2.75, 3.05) is 11.7 Å². The predicted molar refractivity (Wildman–Crippen MR) is 95.6 cm³/mol. The number of benzene rings is 2. The van der Waals surface area contributed by atoms with Crippen LogP contribution >= 0.6 is 0 Å². The highest BCUT2D eigenvalue weighted by molar-refractivity contribution is 7.90. The van der Waals surface area contributed by atoms with Crippen LogP contribution in [0.2, 0.25) is 0 Å². The van der Waals surface area contributed by atoms with Gasteiger partial charge in [-0.05, 0) is 36.8 Å². The SMILES string of the molecule is C[C@H](NC(=O)Nn1cnc2ccccc21)c1ccc(S(C)(=O)=O)cc1. The van der Waals surface area contributed by atoms with Gasteiger partial charge < -0.3 is 5.32 Å². The molecule has 0 fully saturated rings. The van der Waals surface area contributed by atoms with E-state index in [1.165, 1.54) is 18.5 Å². The Labute approximate surface area is 145 Å². The Morgan fingerprint density at radius 2 is 1.80 bits per heavy atom. The summed E-state index contributed by atoms with van der Waals surface area (Å²) in [5, 5.41) is 2.81. The van der Waals surface area contributed by atoms with E-state index in [0.29, 0.717) is 0 Å². The number of fused-ring (bicyclic) bond motifs is 1. The average Bonchev–Trinajstić information content (AvgIpc) is 2.97. The summed E-state index contributed by atoms with van der Waals surface area (Å²) in [6.45, 7) is 1.82. The zero-order valence-electron chi connectivity index (χ0n) is 13.8. The first-order valence-corrected chi connectivity index (χ1v) is 9.53. The molecule has 0 aliphatic heterocycles. The van der Waals surface area contributed by atoms with Crippen LogP contribution < -0.4 is 10.7 Å². The van der Waals surface area contributed by atoms with Gasteiger partial charge in [0.05, 0.1) is 22.0 Å². The average molecular weight is 358 g/mol. The number of nitrogens with zero attached hydrogens (tertiary/aromatic N) is 2. The molecule has 0 saturated heterocycles. The Bertz CT molecular complexity index is 1010. The number of imidazole rings is 1. The van der Waals surface area contributed by atoms with Gasteiger partial charge in [0.1, 0.15) is 6.33 Å². The molecule has 8 heteroatoms. The number of carbonyl (C=O) groups is 1. The van der Waals surface area contributed by atoms with Crippen molar-refractivity contribution in [2.45, 2.75) is 17.9 Å². The lowest BCUT2D eigenvalue weighted by molar-refractivity contribution is 0.247. The Balaban J connectivity index is 1.68. The molecule has 2 aromatic carbocycles. The number of aromatic nitrogens is 2. The molecule has 1 atom stereocenters. The molecule has 2 N–H and O–H groups in total. The second kappa shape index (κ2) is 6.56. The molecule has 2 amide bonds. The van der Waals surface area contributed by atoms with E-state index in [0.717, 1.165) is 22.9 Å². The summed E-state index contributed by atoms with van der Waals surface area (Å²) < 4.78 is 24.5. The van der Waals surface area contributed by atoms with Gasteiger partial charge in [-0.1, -0.05) is 24.3 Å². The van der Waals surface area contributed by atoms with Gasteiger partial charge in [-0.2, -0.15) is 0 Å². The van der Waals surface area contributed by atoms with Crippen molar-refractivity contribution < 1.29 is 13.2 Å². The maximum Gasteiger partial charge on any atom is 0.334 e. The predicted octanol–water partition coefficient (Wildman–Crippen LogP) is 2.45. The zero-order valence-corrected chi connectivity index (χ0v) is 14.6. The Morgan fingerprint density at radius 1 is 1.12 bits per heavy atom. The highest BCUT2D eigenvalue weighted by atomic mass is 32.2. The lowest BCUT2D eigenvalue weighted by Gasteiger charge is -2.16. The summed E-state index contributed by atoms with van der Waals surface area (Å²) >= 11 is 0. The van der Waals surface area contributed by atoms with Crippen molar-refractivity contribution in [3.05, 3.63) is 60.4 Å². The van der Waals surface area contributed by atoms with Crippen LogP contribution in [0, 0.1) is 0 Å². The largest absolute Gasteiger partial charge is 0.334 e. The summed E-state index contributed by atoms with van der Waals surface area (Å²) in [5.41, 5.74) is 5.09. The number of amides is 2. The molecular formula is C17H18N4O3S. The molecule has 0 saturated carbocycles. The maximum absolute atomic E-state index is 12.2. The standard InChI is InChI=1S/C17H18N4O3S/c1-12(13-7-9-14(10-8-13)25(2,23)24)19-17(22)20-21-11-18-15-5-3-4-6-16(15)21/h3-12H,1-2H3,(H2,19,20,22)/t12-/m0/s1. The lowest BCUT2D eigenvalue weighted by Crippen LogP contribution is -2.35. The van der Waals surface area contributed by atoms with E-state index in [2.05, 4.69) is 15.7 Å². The minimum absolute atomic E-state index is 0.248. The second-order valence-electron chi connectivity index (χ2n) is 5.75. The van der Waals surface area contributed by atoms with Gasteiger partial charge in [0.2, 0.25) is 0 Å². The van der Waals surface area contributed by atoms with Crippen LogP contribution in [-0.4, -0.2) is 30.4 Å². The first-order chi connectivity index (χ1) is 11.8. The van der Waals surface area contributed by atoms with Crippen molar-refractivity contribution in [1.29, 1.82) is 0 Å². The lowest BCUT2D eigenvalue weighted by atomic mass is 10.1. The highest BCUT2D eigenvalue weighted by Gasteiger charge is 2.12. The number of hydrogen-bond donors (Lipinski definition) is 2. The number of nitrogens with one attached hydrogen (secondary N) is 2. The molecule has 1 aromatic heterocycles. The first-order valence-electron chi connectivity index (χ1n) is 7.64. The molecule has 25 heavy (non-hydrogen) atoms. The Kier molecular flexibility index (Phi) is 4.45. The van der Waals surface area contributed by atoms with E-state index in [-0.39, 0.29) is 17.0 Å². The molecule has 7 nitrogen and oxygen atoms in total. The molecule has 3 rings (SSSR count). The summed E-state index contributed by atoms with van der Waals surface area (Å²) in [4.78, 5) is 16.7. The van der Waals surface area contributed by atoms with Crippen LogP contribution in [0.4, 0.5) is 4.79 Å². The van der Waals surface area contributed by atoms with Gasteiger partial charge >= 0.3 is 6.03 Å². The van der Waals surface area contributed by atoms with Crippen LogP contribution in [0.1, 0.15) is 18.5 Å². The van der Waals surface area contributed by atoms with E-state index < -0.39 is 9.84 Å². The summed E-state index contributed by atoms with van der Waals surface area (Å²) in [6.07, 6.45) is 2.70. The summed E-state index contributed by atoms with van der Waals surface area (Å²) in [7, 11) is -3.23. The minimum Gasteiger partial charge on any atom is -0.330 e. The fraction of sp³-hybridized carbons (Fsp3) is 0.176. The number of hydrogen-bond acceptors (Lipinski definition) is 4. The van der Waals surface area contributed by atoms with E-state index in [1.807, 2.05) is 31.2 Å². The molecule has 0 radical (unpaired) electrons. The van der Waals surface area contributed by atoms with E-state index in [4.69, 9.17) is 0 Å². The Morgan fingerprint density at radius 3 is 2.48 bits per heavy atom. The smallest absolute Gasteiger partial charge is 0.330 e. The number of para-hydroxylation sites is 2. The number of rotatable bonds is 4. The van der Waals surface area contributed by atoms with Crippen LogP contribution in [0.5, 0.6) is 0 Å². The molecule has 0 unspecified atom stereocenters. The van der Waals surface area contributed by atoms with Crippen LogP contribution in [0.15, 0.2) is 59.8 Å². The van der Waals surface area contributed by atoms with Gasteiger partial charge in [0.25, 0.3) is 0 Å². The number of carbonyl (C=O) groups excluding carboxylic acids is 1. The van der Waals surface area contributed by atoms with Gasteiger partial charge in [0, 0.05) is 6.26 Å². The fourth-order valence-corrected chi connectivity index (χ4v) is 3.10. The van der Waals surface area contributed by atoms with Crippen molar-refractivity contribution in [1.82, 2.24) is 15.0 Å². The minimum atomic E-state index is -3.23. The molecule has 3 aromatic rings.